The van der Waals surface area contributed by atoms with E-state index in [0.29, 0.717) is 12.8 Å². The van der Waals surface area contributed by atoms with Gasteiger partial charge in [0.15, 0.2) is 0 Å². The molecule has 1 unspecified atom stereocenters. The highest BCUT2D eigenvalue weighted by Crippen LogP contribution is 2.16. The third-order valence-corrected chi connectivity index (χ3v) is 8.86. The first-order valence-corrected chi connectivity index (χ1v) is 20.0. The summed E-state index contributed by atoms with van der Waals surface area (Å²) in [7, 11) is 0. The fourth-order valence-corrected chi connectivity index (χ4v) is 5.88. The molecule has 0 aliphatic heterocycles. The Labute approximate surface area is 290 Å². The number of nitrogens with one attached hydrogen (secondary N) is 1. The van der Waals surface area contributed by atoms with Crippen molar-refractivity contribution in [3.8, 4) is 0 Å². The molecule has 0 saturated carbocycles. The number of esters is 1. The normalized spacial score (nSPS) is 12.2. The third-order valence-electron chi connectivity index (χ3n) is 8.86. The summed E-state index contributed by atoms with van der Waals surface area (Å²) in [6.45, 7) is 4.19. The van der Waals surface area contributed by atoms with Crippen molar-refractivity contribution in [1.82, 2.24) is 5.32 Å². The summed E-state index contributed by atoms with van der Waals surface area (Å²) in [5.41, 5.74) is 0. The summed E-state index contributed by atoms with van der Waals surface area (Å²) < 4.78 is 5.91. The largest absolute Gasteiger partial charge is 0.480 e. The summed E-state index contributed by atoms with van der Waals surface area (Å²) in [4.78, 5) is 34.8. The molecule has 0 radical (unpaired) electrons. The molecule has 0 aromatic heterocycles. The first kappa shape index (κ1) is 44.9. The van der Waals surface area contributed by atoms with Crippen LogP contribution in [0.5, 0.6) is 0 Å². The zero-order chi connectivity index (χ0) is 34.5. The minimum absolute atomic E-state index is 0.0682. The zero-order valence-corrected chi connectivity index (χ0v) is 30.9. The van der Waals surface area contributed by atoms with Gasteiger partial charge < -0.3 is 15.2 Å². The van der Waals surface area contributed by atoms with E-state index in [4.69, 9.17) is 9.84 Å². The molecule has 0 spiro atoms. The molecule has 0 rings (SSSR count). The van der Waals surface area contributed by atoms with Gasteiger partial charge in [0.2, 0.25) is 5.91 Å². The number of carboxylic acid groups (broad SMARTS) is 1. The molecule has 0 bridgehead atoms. The maximum atomic E-state index is 12.6. The van der Waals surface area contributed by atoms with Crippen molar-refractivity contribution in [3.05, 3.63) is 24.3 Å². The molecule has 0 aromatic carbocycles. The Kier molecular flexibility index (Phi) is 35.1. The van der Waals surface area contributed by atoms with Crippen LogP contribution in [0.4, 0.5) is 0 Å². The van der Waals surface area contributed by atoms with E-state index < -0.39 is 5.97 Å². The number of rotatable bonds is 36. The number of hydrogen-bond donors (Lipinski definition) is 2. The van der Waals surface area contributed by atoms with Crippen molar-refractivity contribution in [2.45, 2.75) is 213 Å². The van der Waals surface area contributed by atoms with E-state index in [9.17, 15) is 14.4 Å². The number of carbonyl (C=O) groups excluding carboxylic acids is 2. The predicted molar refractivity (Wildman–Crippen MR) is 199 cm³/mol. The van der Waals surface area contributed by atoms with Gasteiger partial charge in [-0.2, -0.15) is 0 Å². The van der Waals surface area contributed by atoms with Crippen molar-refractivity contribution < 1.29 is 24.2 Å². The van der Waals surface area contributed by atoms with Gasteiger partial charge in [-0.1, -0.05) is 167 Å². The molecule has 0 saturated heterocycles. The van der Waals surface area contributed by atoms with Crippen LogP contribution in [0.1, 0.15) is 206 Å². The van der Waals surface area contributed by atoms with Crippen molar-refractivity contribution in [1.29, 1.82) is 0 Å². The van der Waals surface area contributed by atoms with Gasteiger partial charge in [0, 0.05) is 12.8 Å². The Balaban J connectivity index is 4.10. The Morgan fingerprint density at radius 3 is 1.57 bits per heavy atom. The Morgan fingerprint density at radius 1 is 0.574 bits per heavy atom. The van der Waals surface area contributed by atoms with E-state index in [1.165, 1.54) is 109 Å². The van der Waals surface area contributed by atoms with Gasteiger partial charge in [-0.3, -0.25) is 14.4 Å². The van der Waals surface area contributed by atoms with Gasteiger partial charge in [0.1, 0.15) is 12.6 Å². The van der Waals surface area contributed by atoms with Crippen LogP contribution in [-0.4, -0.2) is 35.6 Å². The van der Waals surface area contributed by atoms with Crippen molar-refractivity contribution in [3.63, 3.8) is 0 Å². The number of carbonyl (C=O) groups is 3. The minimum atomic E-state index is -1.02. The van der Waals surface area contributed by atoms with Crippen molar-refractivity contribution in [2.75, 3.05) is 6.54 Å². The lowest BCUT2D eigenvalue weighted by atomic mass is 10.0. The number of ether oxygens (including phenoxy) is 1. The molecular weight excluding hydrogens is 586 g/mol. The average Bonchev–Trinajstić information content (AvgIpc) is 3.05. The second kappa shape index (κ2) is 36.7. The fraction of sp³-hybridized carbons (Fsp3) is 0.829. The lowest BCUT2D eigenvalue weighted by molar-refractivity contribution is -0.147. The van der Waals surface area contributed by atoms with Crippen LogP contribution >= 0.6 is 0 Å². The number of allylic oxidation sites excluding steroid dienone is 3. The van der Waals surface area contributed by atoms with E-state index in [1.807, 2.05) is 0 Å². The van der Waals surface area contributed by atoms with Crippen LogP contribution in [0, 0.1) is 0 Å². The summed E-state index contributed by atoms with van der Waals surface area (Å²) in [6.07, 6.45) is 43.2. The Hall–Kier alpha value is -2.11. The zero-order valence-electron chi connectivity index (χ0n) is 30.9. The third kappa shape index (κ3) is 36.6. The van der Waals surface area contributed by atoms with E-state index in [2.05, 4.69) is 43.5 Å². The number of amides is 1. The molecular formula is C41H75NO5. The van der Waals surface area contributed by atoms with Crippen LogP contribution in [0.25, 0.3) is 0 Å². The molecule has 1 atom stereocenters. The van der Waals surface area contributed by atoms with Crippen molar-refractivity contribution in [2.24, 2.45) is 0 Å². The fourth-order valence-electron chi connectivity index (χ4n) is 5.88. The monoisotopic (exact) mass is 662 g/mol. The van der Waals surface area contributed by atoms with Gasteiger partial charge in [-0.05, 0) is 51.0 Å². The molecule has 0 fully saturated rings. The van der Waals surface area contributed by atoms with Gasteiger partial charge in [-0.25, -0.2) is 0 Å². The number of aliphatic carboxylic acids is 1. The maximum Gasteiger partial charge on any atom is 0.322 e. The number of carboxylic acids is 1. The van der Waals surface area contributed by atoms with Crippen LogP contribution in [0.15, 0.2) is 24.3 Å². The summed E-state index contributed by atoms with van der Waals surface area (Å²) in [6, 6.07) is 0. The molecule has 0 heterocycles. The van der Waals surface area contributed by atoms with Crippen LogP contribution < -0.4 is 5.32 Å². The van der Waals surface area contributed by atoms with Crippen molar-refractivity contribution >= 4 is 17.8 Å². The molecule has 47 heavy (non-hydrogen) atoms. The molecule has 0 aromatic rings. The topological polar surface area (TPSA) is 92.7 Å². The van der Waals surface area contributed by atoms with Crippen LogP contribution in [0.2, 0.25) is 0 Å². The van der Waals surface area contributed by atoms with E-state index in [1.54, 1.807) is 0 Å². The second-order valence-corrected chi connectivity index (χ2v) is 13.5. The van der Waals surface area contributed by atoms with E-state index in [-0.39, 0.29) is 24.5 Å². The van der Waals surface area contributed by atoms with Crippen LogP contribution in [0.3, 0.4) is 0 Å². The quantitative estimate of drug-likeness (QED) is 0.0396. The maximum absolute atomic E-state index is 12.6. The summed E-state index contributed by atoms with van der Waals surface area (Å²) in [5, 5.41) is 11.0. The standard InChI is InChI=1S/C41H75NO5/c1-3-5-7-9-11-13-14-15-16-17-18-19-20-22-28-32-36-41(46)47-38(33-29-25-21-12-10-8-6-4-2)34-30-26-23-24-27-31-35-39(43)42-37-40(44)45/h12,21,29,33,38H,3-11,13-20,22-28,30-32,34-37H2,1-2H3,(H,42,43)(H,44,45)/b21-12-,33-29-. The highest BCUT2D eigenvalue weighted by molar-refractivity contribution is 5.80. The van der Waals surface area contributed by atoms with Crippen LogP contribution in [-0.2, 0) is 19.1 Å². The molecule has 0 aliphatic rings. The van der Waals surface area contributed by atoms with Gasteiger partial charge >= 0.3 is 11.9 Å². The molecule has 0 aliphatic carbocycles. The first-order valence-electron chi connectivity index (χ1n) is 20.0. The SMILES string of the molecule is CCCCC/C=C\C/C=C\C(CCCCCCCCC(=O)NCC(=O)O)OC(=O)CCCCCCCCCCCCCCCCCC. The average molecular weight is 662 g/mol. The molecule has 2 N–H and O–H groups in total. The predicted octanol–water partition coefficient (Wildman–Crippen LogP) is 12.0. The Bertz CT molecular complexity index is 778. The smallest absolute Gasteiger partial charge is 0.322 e. The molecule has 6 heteroatoms. The van der Waals surface area contributed by atoms with E-state index >= 15 is 0 Å². The highest BCUT2D eigenvalue weighted by atomic mass is 16.5. The summed E-state index contributed by atoms with van der Waals surface area (Å²) in [5.74, 6) is -1.28. The lowest BCUT2D eigenvalue weighted by Crippen LogP contribution is -2.28. The first-order chi connectivity index (χ1) is 23.0. The van der Waals surface area contributed by atoms with E-state index in [0.717, 1.165) is 70.6 Å². The number of unbranched alkanes of at least 4 members (excludes halogenated alkanes) is 23. The summed E-state index contributed by atoms with van der Waals surface area (Å²) >= 11 is 0. The molecule has 1 amide bonds. The molecule has 274 valence electrons. The highest BCUT2D eigenvalue weighted by Gasteiger charge is 2.11. The minimum Gasteiger partial charge on any atom is -0.480 e. The Morgan fingerprint density at radius 2 is 1.04 bits per heavy atom. The molecule has 6 nitrogen and oxygen atoms in total. The van der Waals surface area contributed by atoms with Gasteiger partial charge in [-0.15, -0.1) is 0 Å². The number of hydrogen-bond acceptors (Lipinski definition) is 4. The van der Waals surface area contributed by atoms with Gasteiger partial charge in [0.25, 0.3) is 0 Å². The second-order valence-electron chi connectivity index (χ2n) is 13.5. The van der Waals surface area contributed by atoms with Gasteiger partial charge in [0.05, 0.1) is 0 Å². The lowest BCUT2D eigenvalue weighted by Gasteiger charge is -2.14.